The van der Waals surface area contributed by atoms with E-state index >= 15 is 0 Å². The molecule has 0 aliphatic heterocycles. The molecule has 4 heteroatoms. The molecule has 2 unspecified atom stereocenters. The summed E-state index contributed by atoms with van der Waals surface area (Å²) >= 11 is 0. The highest BCUT2D eigenvalue weighted by molar-refractivity contribution is 5.87. The third kappa shape index (κ3) is 3.34. The van der Waals surface area contributed by atoms with E-state index in [0.717, 1.165) is 23.0 Å². The van der Waals surface area contributed by atoms with Gasteiger partial charge in [-0.25, -0.2) is 4.79 Å². The Hall–Kier alpha value is -2.07. The zero-order valence-electron chi connectivity index (χ0n) is 12.0. The molecule has 21 heavy (non-hydrogen) atoms. The van der Waals surface area contributed by atoms with Gasteiger partial charge in [0.1, 0.15) is 11.5 Å². The third-order valence-electron chi connectivity index (χ3n) is 3.99. The van der Waals surface area contributed by atoms with Crippen LogP contribution in [0.1, 0.15) is 46.7 Å². The lowest BCUT2D eigenvalue weighted by molar-refractivity contribution is 0.0697. The average molecular weight is 285 g/mol. The van der Waals surface area contributed by atoms with Crippen LogP contribution in [0.25, 0.3) is 0 Å². The minimum atomic E-state index is -0.896. The molecule has 110 valence electrons. The first-order valence-electron chi connectivity index (χ1n) is 7.25. The Kier molecular flexibility index (Phi) is 3.80. The number of rotatable bonds is 6. The maximum atomic E-state index is 10.8. The van der Waals surface area contributed by atoms with Gasteiger partial charge >= 0.3 is 5.97 Å². The number of hydrogen-bond donors (Lipinski definition) is 2. The highest BCUT2D eigenvalue weighted by Crippen LogP contribution is 2.47. The van der Waals surface area contributed by atoms with Crippen molar-refractivity contribution in [3.8, 4) is 0 Å². The van der Waals surface area contributed by atoms with Crippen molar-refractivity contribution in [1.82, 2.24) is 5.32 Å². The summed E-state index contributed by atoms with van der Waals surface area (Å²) in [6, 6.07) is 11.0. The molecule has 1 saturated carbocycles. The summed E-state index contributed by atoms with van der Waals surface area (Å²) in [7, 11) is 0. The molecule has 2 aromatic rings. The van der Waals surface area contributed by atoms with E-state index in [2.05, 4.69) is 18.3 Å². The SMILES string of the molecule is CC1CC1c1ccc(CNCc2ccc(C(=O)O)cc2)o1. The fourth-order valence-corrected chi connectivity index (χ4v) is 2.50. The second kappa shape index (κ2) is 5.74. The van der Waals surface area contributed by atoms with Crippen LogP contribution in [0.2, 0.25) is 0 Å². The Labute approximate surface area is 123 Å². The Morgan fingerprint density at radius 3 is 2.57 bits per heavy atom. The summed E-state index contributed by atoms with van der Waals surface area (Å²) in [6.45, 7) is 3.61. The van der Waals surface area contributed by atoms with Crippen LogP contribution in [0.15, 0.2) is 40.8 Å². The summed E-state index contributed by atoms with van der Waals surface area (Å²) in [5, 5.41) is 12.2. The summed E-state index contributed by atoms with van der Waals surface area (Å²) in [4.78, 5) is 10.8. The van der Waals surface area contributed by atoms with Crippen molar-refractivity contribution in [2.75, 3.05) is 0 Å². The highest BCUT2D eigenvalue weighted by atomic mass is 16.4. The maximum absolute atomic E-state index is 10.8. The fraction of sp³-hybridized carbons (Fsp3) is 0.353. The Bertz CT molecular complexity index is 630. The second-order valence-electron chi connectivity index (χ2n) is 5.73. The van der Waals surface area contributed by atoms with Crippen LogP contribution in [0.4, 0.5) is 0 Å². The van der Waals surface area contributed by atoms with E-state index in [1.165, 1.54) is 6.42 Å². The van der Waals surface area contributed by atoms with Crippen molar-refractivity contribution in [3.05, 3.63) is 59.0 Å². The number of carbonyl (C=O) groups is 1. The Balaban J connectivity index is 1.49. The molecule has 0 amide bonds. The zero-order valence-corrected chi connectivity index (χ0v) is 12.0. The smallest absolute Gasteiger partial charge is 0.335 e. The summed E-state index contributed by atoms with van der Waals surface area (Å²) in [5.74, 6) is 2.52. The highest BCUT2D eigenvalue weighted by Gasteiger charge is 2.36. The van der Waals surface area contributed by atoms with Gasteiger partial charge in [-0.3, -0.25) is 0 Å². The molecule has 2 N–H and O–H groups in total. The first-order valence-corrected chi connectivity index (χ1v) is 7.25. The predicted octanol–water partition coefficient (Wildman–Crippen LogP) is 3.39. The van der Waals surface area contributed by atoms with E-state index in [1.807, 2.05) is 18.2 Å². The van der Waals surface area contributed by atoms with Crippen LogP contribution in [0, 0.1) is 5.92 Å². The zero-order chi connectivity index (χ0) is 14.8. The van der Waals surface area contributed by atoms with Crippen LogP contribution in [0.5, 0.6) is 0 Å². The minimum absolute atomic E-state index is 0.313. The fourth-order valence-electron chi connectivity index (χ4n) is 2.50. The third-order valence-corrected chi connectivity index (χ3v) is 3.99. The molecule has 0 saturated heterocycles. The van der Waals surface area contributed by atoms with Gasteiger partial charge in [0.2, 0.25) is 0 Å². The van der Waals surface area contributed by atoms with E-state index in [1.54, 1.807) is 12.1 Å². The molecule has 1 aliphatic carbocycles. The summed E-state index contributed by atoms with van der Waals surface area (Å²) in [5.41, 5.74) is 1.37. The summed E-state index contributed by atoms with van der Waals surface area (Å²) in [6.07, 6.45) is 1.23. The van der Waals surface area contributed by atoms with E-state index in [9.17, 15) is 4.79 Å². The molecular weight excluding hydrogens is 266 g/mol. The number of furan rings is 1. The average Bonchev–Trinajstić information content (AvgIpc) is 3.01. The van der Waals surface area contributed by atoms with Crippen molar-refractivity contribution in [2.24, 2.45) is 5.92 Å². The monoisotopic (exact) mass is 285 g/mol. The standard InChI is InChI=1S/C17H19NO3/c1-11-8-15(11)16-7-6-14(21-16)10-18-9-12-2-4-13(5-3-12)17(19)20/h2-7,11,15,18H,8-10H2,1H3,(H,19,20). The number of benzene rings is 1. The molecule has 0 spiro atoms. The molecule has 2 atom stereocenters. The van der Waals surface area contributed by atoms with Gasteiger partial charge in [0.25, 0.3) is 0 Å². The van der Waals surface area contributed by atoms with Gasteiger partial charge in [-0.2, -0.15) is 0 Å². The Morgan fingerprint density at radius 2 is 1.95 bits per heavy atom. The normalized spacial score (nSPS) is 20.4. The lowest BCUT2D eigenvalue weighted by atomic mass is 10.1. The number of hydrogen-bond acceptors (Lipinski definition) is 3. The molecule has 0 radical (unpaired) electrons. The first-order chi connectivity index (χ1) is 10.1. The van der Waals surface area contributed by atoms with Gasteiger partial charge in [-0.1, -0.05) is 19.1 Å². The van der Waals surface area contributed by atoms with Crippen molar-refractivity contribution >= 4 is 5.97 Å². The maximum Gasteiger partial charge on any atom is 0.335 e. The van der Waals surface area contributed by atoms with E-state index in [0.29, 0.717) is 24.6 Å². The van der Waals surface area contributed by atoms with Gasteiger partial charge in [0.05, 0.1) is 12.1 Å². The van der Waals surface area contributed by atoms with Gasteiger partial charge in [-0.15, -0.1) is 0 Å². The van der Waals surface area contributed by atoms with Gasteiger partial charge in [-0.05, 0) is 42.2 Å². The molecule has 1 fully saturated rings. The van der Waals surface area contributed by atoms with E-state index < -0.39 is 5.97 Å². The molecule has 1 aromatic carbocycles. The first kappa shape index (κ1) is 13.9. The molecule has 4 nitrogen and oxygen atoms in total. The lowest BCUT2D eigenvalue weighted by Gasteiger charge is -2.04. The quantitative estimate of drug-likeness (QED) is 0.854. The van der Waals surface area contributed by atoms with Crippen molar-refractivity contribution in [2.45, 2.75) is 32.4 Å². The largest absolute Gasteiger partial charge is 0.478 e. The van der Waals surface area contributed by atoms with Crippen LogP contribution in [0.3, 0.4) is 0 Å². The second-order valence-corrected chi connectivity index (χ2v) is 5.73. The van der Waals surface area contributed by atoms with Crippen LogP contribution >= 0.6 is 0 Å². The number of carboxylic acids is 1. The minimum Gasteiger partial charge on any atom is -0.478 e. The predicted molar refractivity (Wildman–Crippen MR) is 79.2 cm³/mol. The lowest BCUT2D eigenvalue weighted by Crippen LogP contribution is -2.12. The molecular formula is C17H19NO3. The van der Waals surface area contributed by atoms with E-state index in [-0.39, 0.29) is 0 Å². The van der Waals surface area contributed by atoms with Crippen LogP contribution in [-0.2, 0) is 13.1 Å². The van der Waals surface area contributed by atoms with Crippen LogP contribution in [-0.4, -0.2) is 11.1 Å². The van der Waals surface area contributed by atoms with Crippen molar-refractivity contribution in [3.63, 3.8) is 0 Å². The molecule has 3 rings (SSSR count). The topological polar surface area (TPSA) is 62.5 Å². The van der Waals surface area contributed by atoms with Gasteiger partial charge in [0, 0.05) is 12.5 Å². The number of carboxylic acid groups (broad SMARTS) is 1. The molecule has 1 aromatic heterocycles. The van der Waals surface area contributed by atoms with E-state index in [4.69, 9.17) is 9.52 Å². The van der Waals surface area contributed by atoms with Gasteiger partial charge in [0.15, 0.2) is 0 Å². The molecule has 1 aliphatic rings. The molecule has 1 heterocycles. The summed E-state index contributed by atoms with van der Waals surface area (Å²) < 4.78 is 5.83. The Morgan fingerprint density at radius 1 is 1.24 bits per heavy atom. The van der Waals surface area contributed by atoms with Crippen LogP contribution < -0.4 is 5.32 Å². The molecule has 0 bridgehead atoms. The van der Waals surface area contributed by atoms with Crippen molar-refractivity contribution < 1.29 is 14.3 Å². The van der Waals surface area contributed by atoms with Crippen molar-refractivity contribution in [1.29, 1.82) is 0 Å². The number of nitrogens with one attached hydrogen (secondary N) is 1. The van der Waals surface area contributed by atoms with Gasteiger partial charge < -0.3 is 14.8 Å². The number of aromatic carboxylic acids is 1.